The molecule has 2 amide bonds. The van der Waals surface area contributed by atoms with Crippen molar-refractivity contribution in [1.82, 2.24) is 15.1 Å². The minimum absolute atomic E-state index is 0.0408. The van der Waals surface area contributed by atoms with Gasteiger partial charge in [-0.1, -0.05) is 23.7 Å². The lowest BCUT2D eigenvalue weighted by atomic mass is 10.3. The molecule has 0 saturated carbocycles. The van der Waals surface area contributed by atoms with Crippen molar-refractivity contribution < 1.29 is 9.59 Å². The van der Waals surface area contributed by atoms with E-state index in [0.29, 0.717) is 30.4 Å². The summed E-state index contributed by atoms with van der Waals surface area (Å²) in [6, 6.07) is 7.70. The third-order valence-corrected chi connectivity index (χ3v) is 5.23. The van der Waals surface area contributed by atoms with Crippen molar-refractivity contribution in [1.29, 1.82) is 0 Å². The number of rotatable bonds is 6. The van der Waals surface area contributed by atoms with Crippen molar-refractivity contribution in [3.63, 3.8) is 0 Å². The highest BCUT2D eigenvalue weighted by molar-refractivity contribution is 8.00. The number of carbonyl (C=O) groups is 2. The van der Waals surface area contributed by atoms with Crippen LogP contribution < -0.4 is 5.32 Å². The SMILES string of the molecule is CC(C)NC(=O)CN1CCN(C(=O)CSc2ccccc2Cl)CC1. The maximum absolute atomic E-state index is 12.3. The van der Waals surface area contributed by atoms with Gasteiger partial charge in [-0.25, -0.2) is 0 Å². The molecule has 0 atom stereocenters. The van der Waals surface area contributed by atoms with Crippen LogP contribution in [-0.4, -0.2) is 66.1 Å². The van der Waals surface area contributed by atoms with Crippen molar-refractivity contribution in [3.05, 3.63) is 29.3 Å². The van der Waals surface area contributed by atoms with Crippen LogP contribution in [0.3, 0.4) is 0 Å². The number of nitrogens with zero attached hydrogens (tertiary/aromatic N) is 2. The Morgan fingerprint density at radius 3 is 2.50 bits per heavy atom. The number of amides is 2. The molecule has 1 aliphatic heterocycles. The quantitative estimate of drug-likeness (QED) is 0.780. The zero-order valence-electron chi connectivity index (χ0n) is 14.1. The molecule has 24 heavy (non-hydrogen) atoms. The average molecular weight is 370 g/mol. The summed E-state index contributed by atoms with van der Waals surface area (Å²) in [4.78, 5) is 29.0. The second kappa shape index (κ2) is 9.30. The molecule has 1 aromatic rings. The third-order valence-electron chi connectivity index (χ3n) is 3.73. The van der Waals surface area contributed by atoms with Crippen LogP contribution in [0, 0.1) is 0 Å². The van der Waals surface area contributed by atoms with Gasteiger partial charge < -0.3 is 10.2 Å². The first-order valence-electron chi connectivity index (χ1n) is 8.12. The number of nitrogens with one attached hydrogen (secondary N) is 1. The molecule has 7 heteroatoms. The highest BCUT2D eigenvalue weighted by Gasteiger charge is 2.22. The monoisotopic (exact) mass is 369 g/mol. The number of thioether (sulfide) groups is 1. The lowest BCUT2D eigenvalue weighted by Crippen LogP contribution is -2.52. The Balaban J connectivity index is 1.72. The van der Waals surface area contributed by atoms with Crippen molar-refractivity contribution >= 4 is 35.2 Å². The van der Waals surface area contributed by atoms with Gasteiger partial charge in [-0.05, 0) is 26.0 Å². The summed E-state index contributed by atoms with van der Waals surface area (Å²) in [5, 5.41) is 3.57. The van der Waals surface area contributed by atoms with Crippen LogP contribution in [0.1, 0.15) is 13.8 Å². The number of piperazine rings is 1. The predicted molar refractivity (Wildman–Crippen MR) is 98.5 cm³/mol. The fourth-order valence-corrected chi connectivity index (χ4v) is 3.66. The molecule has 1 aromatic carbocycles. The van der Waals surface area contributed by atoms with E-state index in [4.69, 9.17) is 11.6 Å². The molecule has 0 aliphatic carbocycles. The molecule has 1 N–H and O–H groups in total. The van der Waals surface area contributed by atoms with Gasteiger partial charge in [0.1, 0.15) is 0 Å². The van der Waals surface area contributed by atoms with Crippen molar-refractivity contribution in [3.8, 4) is 0 Å². The molecule has 1 fully saturated rings. The van der Waals surface area contributed by atoms with Crippen LogP contribution in [0.25, 0.3) is 0 Å². The maximum Gasteiger partial charge on any atom is 0.234 e. The summed E-state index contributed by atoms with van der Waals surface area (Å²) in [5.41, 5.74) is 0. The van der Waals surface area contributed by atoms with Gasteiger partial charge in [-0.3, -0.25) is 14.5 Å². The fourth-order valence-electron chi connectivity index (χ4n) is 2.52. The minimum atomic E-state index is 0.0408. The molecule has 0 radical (unpaired) electrons. The van der Waals surface area contributed by atoms with E-state index >= 15 is 0 Å². The van der Waals surface area contributed by atoms with Crippen molar-refractivity contribution in [2.75, 3.05) is 38.5 Å². The van der Waals surface area contributed by atoms with Gasteiger partial charge in [0.2, 0.25) is 11.8 Å². The summed E-state index contributed by atoms with van der Waals surface area (Å²) in [6.45, 7) is 7.08. The Labute approximate surface area is 152 Å². The number of hydrogen-bond acceptors (Lipinski definition) is 4. The van der Waals surface area contributed by atoms with Crippen LogP contribution >= 0.6 is 23.4 Å². The van der Waals surface area contributed by atoms with E-state index in [9.17, 15) is 9.59 Å². The topological polar surface area (TPSA) is 52.7 Å². The molecular weight excluding hydrogens is 346 g/mol. The lowest BCUT2D eigenvalue weighted by molar-refractivity contribution is -0.130. The lowest BCUT2D eigenvalue weighted by Gasteiger charge is -2.34. The second-order valence-electron chi connectivity index (χ2n) is 6.10. The first-order chi connectivity index (χ1) is 11.5. The molecule has 5 nitrogen and oxygen atoms in total. The molecule has 132 valence electrons. The summed E-state index contributed by atoms with van der Waals surface area (Å²) < 4.78 is 0. The maximum atomic E-state index is 12.3. The summed E-state index contributed by atoms with van der Waals surface area (Å²) in [5.74, 6) is 0.544. The Hall–Kier alpha value is -1.24. The van der Waals surface area contributed by atoms with Gasteiger partial charge in [-0.15, -0.1) is 11.8 Å². The number of benzene rings is 1. The second-order valence-corrected chi connectivity index (χ2v) is 7.52. The van der Waals surface area contributed by atoms with E-state index in [2.05, 4.69) is 10.2 Å². The van der Waals surface area contributed by atoms with Gasteiger partial charge in [0.25, 0.3) is 0 Å². The van der Waals surface area contributed by atoms with Crippen LogP contribution in [0.15, 0.2) is 29.2 Å². The molecule has 1 saturated heterocycles. The van der Waals surface area contributed by atoms with E-state index < -0.39 is 0 Å². The molecule has 0 bridgehead atoms. The highest BCUT2D eigenvalue weighted by atomic mass is 35.5. The van der Waals surface area contributed by atoms with Crippen LogP contribution in [0.5, 0.6) is 0 Å². The molecule has 0 unspecified atom stereocenters. The first kappa shape index (κ1) is 19.1. The van der Waals surface area contributed by atoms with Crippen molar-refractivity contribution in [2.24, 2.45) is 0 Å². The van der Waals surface area contributed by atoms with E-state index in [1.807, 2.05) is 43.0 Å². The molecule has 0 aromatic heterocycles. The van der Waals surface area contributed by atoms with Crippen molar-refractivity contribution in [2.45, 2.75) is 24.8 Å². The van der Waals surface area contributed by atoms with E-state index in [1.54, 1.807) is 0 Å². The predicted octanol–water partition coefficient (Wildman–Crippen LogP) is 2.10. The normalized spacial score (nSPS) is 15.6. The number of carbonyl (C=O) groups excluding carboxylic acids is 2. The third kappa shape index (κ3) is 6.00. The minimum Gasteiger partial charge on any atom is -0.353 e. The van der Waals surface area contributed by atoms with E-state index in [1.165, 1.54) is 11.8 Å². The molecule has 0 spiro atoms. The summed E-state index contributed by atoms with van der Waals surface area (Å²) in [6.07, 6.45) is 0. The van der Waals surface area contributed by atoms with Gasteiger partial charge in [-0.2, -0.15) is 0 Å². The Kier molecular flexibility index (Phi) is 7.40. The fraction of sp³-hybridized carbons (Fsp3) is 0.529. The largest absolute Gasteiger partial charge is 0.353 e. The highest BCUT2D eigenvalue weighted by Crippen LogP contribution is 2.26. The zero-order chi connectivity index (χ0) is 17.5. The Morgan fingerprint density at radius 1 is 1.21 bits per heavy atom. The molecule has 2 rings (SSSR count). The van der Waals surface area contributed by atoms with Gasteiger partial charge in [0.05, 0.1) is 17.3 Å². The van der Waals surface area contributed by atoms with Crippen LogP contribution in [0.2, 0.25) is 5.02 Å². The van der Waals surface area contributed by atoms with E-state index in [0.717, 1.165) is 18.0 Å². The molecule has 1 heterocycles. The van der Waals surface area contributed by atoms with Crippen LogP contribution in [0.4, 0.5) is 0 Å². The van der Waals surface area contributed by atoms with E-state index in [-0.39, 0.29) is 17.9 Å². The van der Waals surface area contributed by atoms with Crippen LogP contribution in [-0.2, 0) is 9.59 Å². The van der Waals surface area contributed by atoms with Gasteiger partial charge in [0.15, 0.2) is 0 Å². The molecule has 1 aliphatic rings. The summed E-state index contributed by atoms with van der Waals surface area (Å²) >= 11 is 7.57. The zero-order valence-corrected chi connectivity index (χ0v) is 15.7. The molecular formula is C17H24ClN3O2S. The smallest absolute Gasteiger partial charge is 0.234 e. The standard InChI is InChI=1S/C17H24ClN3O2S/c1-13(2)19-16(22)11-20-7-9-21(10-8-20)17(23)12-24-15-6-4-3-5-14(15)18/h3-6,13H,7-12H2,1-2H3,(H,19,22). The Bertz CT molecular complexity index is 575. The average Bonchev–Trinajstić information content (AvgIpc) is 2.53. The summed E-state index contributed by atoms with van der Waals surface area (Å²) in [7, 11) is 0. The number of hydrogen-bond donors (Lipinski definition) is 1. The first-order valence-corrected chi connectivity index (χ1v) is 9.49. The Morgan fingerprint density at radius 2 is 1.88 bits per heavy atom. The van der Waals surface area contributed by atoms with Gasteiger partial charge >= 0.3 is 0 Å². The van der Waals surface area contributed by atoms with Gasteiger partial charge in [0, 0.05) is 37.1 Å². The number of halogens is 1.